The Labute approximate surface area is 210 Å². The van der Waals surface area contributed by atoms with Crippen molar-refractivity contribution in [1.29, 1.82) is 0 Å². The van der Waals surface area contributed by atoms with Gasteiger partial charge in [0, 0.05) is 6.42 Å². The van der Waals surface area contributed by atoms with Crippen molar-refractivity contribution in [2.75, 3.05) is 6.54 Å². The third-order valence-electron chi connectivity index (χ3n) is 5.51. The predicted octanol–water partition coefficient (Wildman–Crippen LogP) is -0.645. The van der Waals surface area contributed by atoms with Crippen molar-refractivity contribution in [2.24, 2.45) is 17.4 Å². The molecule has 0 radical (unpaired) electrons. The number of hydrogen-bond acceptors (Lipinski definition) is 7. The maximum Gasteiger partial charge on any atom is 0.326 e. The van der Waals surface area contributed by atoms with Gasteiger partial charge in [-0.2, -0.15) is 0 Å². The minimum atomic E-state index is -1.67. The predicted molar refractivity (Wildman–Crippen MR) is 132 cm³/mol. The second-order valence-electron chi connectivity index (χ2n) is 8.86. The number of carbonyl (C=O) groups is 5. The van der Waals surface area contributed by atoms with Gasteiger partial charge in [-0.15, -0.1) is 0 Å². The number of hydrogen-bond donors (Lipinski definition) is 7. The number of amides is 3. The molecule has 0 saturated heterocycles. The fourth-order valence-corrected chi connectivity index (χ4v) is 3.31. The van der Waals surface area contributed by atoms with E-state index in [0.717, 1.165) is 5.56 Å². The van der Waals surface area contributed by atoms with Crippen molar-refractivity contribution in [2.45, 2.75) is 70.1 Å². The molecule has 1 aromatic carbocycles. The van der Waals surface area contributed by atoms with E-state index in [9.17, 15) is 29.1 Å². The summed E-state index contributed by atoms with van der Waals surface area (Å²) in [6.07, 6.45) is 0.414. The van der Waals surface area contributed by atoms with Crippen LogP contribution in [0.3, 0.4) is 0 Å². The summed E-state index contributed by atoms with van der Waals surface area (Å²) in [6.45, 7) is 3.88. The van der Waals surface area contributed by atoms with E-state index in [2.05, 4.69) is 16.0 Å². The van der Waals surface area contributed by atoms with Gasteiger partial charge in [0.05, 0.1) is 12.5 Å². The van der Waals surface area contributed by atoms with Gasteiger partial charge in [-0.25, -0.2) is 4.79 Å². The van der Waals surface area contributed by atoms with Crippen LogP contribution in [0.25, 0.3) is 0 Å². The van der Waals surface area contributed by atoms with Crippen LogP contribution in [0.15, 0.2) is 30.3 Å². The summed E-state index contributed by atoms with van der Waals surface area (Å²) in [6, 6.07) is 4.16. The fraction of sp³-hybridized carbons (Fsp3) is 0.542. The summed E-state index contributed by atoms with van der Waals surface area (Å²) < 4.78 is 0. The van der Waals surface area contributed by atoms with Crippen molar-refractivity contribution in [3.8, 4) is 0 Å². The molecular formula is C24H37N5O7. The highest BCUT2D eigenvalue weighted by molar-refractivity contribution is 5.94. The number of aliphatic carboxylic acids is 2. The molecule has 3 amide bonds. The Kier molecular flexibility index (Phi) is 13.1. The number of unbranched alkanes of at least 4 members (excludes halogenated alkanes) is 1. The maximum atomic E-state index is 13.2. The Morgan fingerprint density at radius 2 is 1.39 bits per heavy atom. The van der Waals surface area contributed by atoms with E-state index in [1.807, 2.05) is 0 Å². The molecule has 0 aliphatic carbocycles. The van der Waals surface area contributed by atoms with Crippen LogP contribution in [0.4, 0.5) is 0 Å². The number of carboxylic acid groups (broad SMARTS) is 2. The van der Waals surface area contributed by atoms with Crippen LogP contribution in [0.5, 0.6) is 0 Å². The molecule has 0 fully saturated rings. The van der Waals surface area contributed by atoms with E-state index in [4.69, 9.17) is 16.6 Å². The van der Waals surface area contributed by atoms with E-state index in [-0.39, 0.29) is 18.8 Å². The molecular weight excluding hydrogens is 470 g/mol. The first-order valence-corrected chi connectivity index (χ1v) is 11.8. The lowest BCUT2D eigenvalue weighted by atomic mass is 10.0. The van der Waals surface area contributed by atoms with Crippen LogP contribution in [-0.2, 0) is 30.4 Å². The van der Waals surface area contributed by atoms with Gasteiger partial charge in [0.2, 0.25) is 17.7 Å². The lowest BCUT2D eigenvalue weighted by Crippen LogP contribution is -2.58. The minimum Gasteiger partial charge on any atom is -0.481 e. The minimum absolute atomic E-state index is 0.122. The van der Waals surface area contributed by atoms with Crippen LogP contribution in [0.2, 0.25) is 0 Å². The Balaban J connectivity index is 3.11. The van der Waals surface area contributed by atoms with Crippen LogP contribution >= 0.6 is 0 Å². The number of rotatable bonds is 16. The molecule has 36 heavy (non-hydrogen) atoms. The first-order valence-electron chi connectivity index (χ1n) is 11.8. The zero-order chi connectivity index (χ0) is 27.3. The van der Waals surface area contributed by atoms with Gasteiger partial charge in [0.25, 0.3) is 0 Å². The molecule has 12 heteroatoms. The topological polar surface area (TPSA) is 214 Å². The zero-order valence-electron chi connectivity index (χ0n) is 20.6. The number of benzene rings is 1. The van der Waals surface area contributed by atoms with E-state index < -0.39 is 60.2 Å². The molecule has 0 spiro atoms. The summed E-state index contributed by atoms with van der Waals surface area (Å²) in [7, 11) is 0. The Morgan fingerprint density at radius 3 is 1.92 bits per heavy atom. The number of nitrogens with two attached hydrogens (primary N) is 2. The monoisotopic (exact) mass is 507 g/mol. The SMILES string of the molecule is CC(C)[C@H](N)C(=O)N[C@@H](Cc1ccccc1)C(=O)N[C@@H](CCCCN)C(=O)N[C@@H](CC(=O)O)C(=O)O. The van der Waals surface area contributed by atoms with E-state index in [1.165, 1.54) is 0 Å². The van der Waals surface area contributed by atoms with Crippen LogP contribution in [0, 0.1) is 5.92 Å². The Bertz CT molecular complexity index is 894. The van der Waals surface area contributed by atoms with E-state index in [1.54, 1.807) is 44.2 Å². The smallest absolute Gasteiger partial charge is 0.326 e. The summed E-state index contributed by atoms with van der Waals surface area (Å²) in [4.78, 5) is 61.1. The standard InChI is InChI=1S/C24H37N5O7/c1-14(2)20(26)23(34)28-17(12-15-8-4-3-5-9-15)22(33)27-16(10-6-7-11-25)21(32)29-18(24(35)36)13-19(30)31/h3-5,8-9,14,16-18,20H,6-7,10-13,25-26H2,1-2H3,(H,27,33)(H,28,34)(H,29,32)(H,30,31)(H,35,36)/t16-,17-,18-,20-/m0/s1. The normalized spacial score (nSPS) is 14.2. The first kappa shape index (κ1) is 30.5. The quantitative estimate of drug-likeness (QED) is 0.141. The lowest BCUT2D eigenvalue weighted by molar-refractivity contribution is -0.147. The Morgan fingerprint density at radius 1 is 0.833 bits per heavy atom. The van der Waals surface area contributed by atoms with Crippen molar-refractivity contribution < 1.29 is 34.2 Å². The van der Waals surface area contributed by atoms with E-state index >= 15 is 0 Å². The number of carbonyl (C=O) groups excluding carboxylic acids is 3. The van der Waals surface area contributed by atoms with Crippen LogP contribution in [-0.4, -0.2) is 70.6 Å². The fourth-order valence-electron chi connectivity index (χ4n) is 3.31. The molecule has 9 N–H and O–H groups in total. The van der Waals surface area contributed by atoms with Crippen molar-refractivity contribution in [3.05, 3.63) is 35.9 Å². The second kappa shape index (κ2) is 15.5. The van der Waals surface area contributed by atoms with E-state index in [0.29, 0.717) is 19.4 Å². The highest BCUT2D eigenvalue weighted by Crippen LogP contribution is 2.08. The van der Waals surface area contributed by atoms with Crippen molar-refractivity contribution >= 4 is 29.7 Å². The summed E-state index contributed by atoms with van der Waals surface area (Å²) in [5, 5.41) is 25.6. The van der Waals surface area contributed by atoms with Gasteiger partial charge < -0.3 is 37.6 Å². The molecule has 12 nitrogen and oxygen atoms in total. The number of nitrogens with one attached hydrogen (secondary N) is 3. The molecule has 0 unspecified atom stereocenters. The van der Waals surface area contributed by atoms with Gasteiger partial charge >= 0.3 is 11.9 Å². The summed E-state index contributed by atoms with van der Waals surface area (Å²) in [5.74, 6) is -5.15. The molecule has 1 rings (SSSR count). The van der Waals surface area contributed by atoms with Gasteiger partial charge in [-0.05, 0) is 37.3 Å². The van der Waals surface area contributed by atoms with Gasteiger partial charge in [0.1, 0.15) is 18.1 Å². The second-order valence-corrected chi connectivity index (χ2v) is 8.86. The zero-order valence-corrected chi connectivity index (χ0v) is 20.6. The average Bonchev–Trinajstić information content (AvgIpc) is 2.82. The van der Waals surface area contributed by atoms with Crippen LogP contribution < -0.4 is 27.4 Å². The summed E-state index contributed by atoms with van der Waals surface area (Å²) >= 11 is 0. The highest BCUT2D eigenvalue weighted by Gasteiger charge is 2.31. The molecule has 0 aliphatic rings. The molecule has 4 atom stereocenters. The first-order chi connectivity index (χ1) is 17.0. The van der Waals surface area contributed by atoms with Crippen molar-refractivity contribution in [3.63, 3.8) is 0 Å². The summed E-state index contributed by atoms with van der Waals surface area (Å²) in [5.41, 5.74) is 12.2. The highest BCUT2D eigenvalue weighted by atomic mass is 16.4. The molecule has 1 aromatic rings. The molecule has 0 saturated carbocycles. The van der Waals surface area contributed by atoms with Gasteiger partial charge in [-0.3, -0.25) is 19.2 Å². The third kappa shape index (κ3) is 10.8. The maximum absolute atomic E-state index is 13.2. The molecule has 0 aromatic heterocycles. The van der Waals surface area contributed by atoms with Gasteiger partial charge in [0.15, 0.2) is 0 Å². The Hall–Kier alpha value is -3.51. The van der Waals surface area contributed by atoms with Crippen LogP contribution in [0.1, 0.15) is 45.1 Å². The van der Waals surface area contributed by atoms with Crippen molar-refractivity contribution in [1.82, 2.24) is 16.0 Å². The lowest BCUT2D eigenvalue weighted by Gasteiger charge is -2.26. The largest absolute Gasteiger partial charge is 0.481 e. The average molecular weight is 508 g/mol. The van der Waals surface area contributed by atoms with Gasteiger partial charge in [-0.1, -0.05) is 44.2 Å². The molecule has 0 heterocycles. The molecule has 0 aliphatic heterocycles. The number of carboxylic acids is 2. The molecule has 200 valence electrons. The molecule has 0 bridgehead atoms. The third-order valence-corrected chi connectivity index (χ3v) is 5.51.